The lowest BCUT2D eigenvalue weighted by Crippen LogP contribution is -2.42. The zero-order valence-corrected chi connectivity index (χ0v) is 13.8. The SMILES string of the molecule is C[C@H]1CCCC[C@H]1NC(=O)COC(=O)c1nc(Cl)ccc1Cl. The first-order valence-corrected chi connectivity index (χ1v) is 8.01. The number of carbonyl (C=O) groups is 2. The van der Waals surface area contributed by atoms with E-state index in [1.54, 1.807) is 0 Å². The van der Waals surface area contributed by atoms with Gasteiger partial charge in [-0.15, -0.1) is 0 Å². The minimum Gasteiger partial charge on any atom is -0.451 e. The van der Waals surface area contributed by atoms with E-state index in [4.69, 9.17) is 27.9 Å². The molecule has 1 fully saturated rings. The molecule has 1 aromatic rings. The molecule has 7 heteroatoms. The molecule has 1 amide bonds. The van der Waals surface area contributed by atoms with Crippen molar-refractivity contribution in [3.05, 3.63) is 28.0 Å². The Morgan fingerprint density at radius 2 is 2.05 bits per heavy atom. The standard InChI is InChI=1S/C15H18Cl2N2O3/c1-9-4-2-3-5-11(9)18-13(20)8-22-15(21)14-10(16)6-7-12(17)19-14/h6-7,9,11H,2-5,8H2,1H3,(H,18,20)/t9-,11+/m0/s1. The van der Waals surface area contributed by atoms with Crippen LogP contribution in [0.3, 0.4) is 0 Å². The topological polar surface area (TPSA) is 68.3 Å². The molecule has 1 saturated carbocycles. The summed E-state index contributed by atoms with van der Waals surface area (Å²) in [6.45, 7) is 1.76. The van der Waals surface area contributed by atoms with Gasteiger partial charge in [-0.05, 0) is 30.9 Å². The Labute approximate surface area is 139 Å². The van der Waals surface area contributed by atoms with Gasteiger partial charge in [0.2, 0.25) is 0 Å². The average Bonchev–Trinajstić information content (AvgIpc) is 2.49. The molecule has 0 aromatic carbocycles. The van der Waals surface area contributed by atoms with Gasteiger partial charge in [0.25, 0.3) is 5.91 Å². The number of pyridine rings is 1. The average molecular weight is 345 g/mol. The number of esters is 1. The quantitative estimate of drug-likeness (QED) is 0.672. The molecule has 0 aliphatic heterocycles. The summed E-state index contributed by atoms with van der Waals surface area (Å²) < 4.78 is 4.95. The maximum absolute atomic E-state index is 11.9. The van der Waals surface area contributed by atoms with Crippen LogP contribution < -0.4 is 5.32 Å². The van der Waals surface area contributed by atoms with Crippen molar-refractivity contribution in [3.63, 3.8) is 0 Å². The Balaban J connectivity index is 1.85. The Morgan fingerprint density at radius 1 is 1.32 bits per heavy atom. The number of hydrogen-bond acceptors (Lipinski definition) is 4. The minimum absolute atomic E-state index is 0.0898. The highest BCUT2D eigenvalue weighted by atomic mass is 35.5. The predicted octanol–water partition coefficient (Wildman–Crippen LogP) is 3.24. The number of ether oxygens (including phenoxy) is 1. The van der Waals surface area contributed by atoms with Gasteiger partial charge in [-0.25, -0.2) is 9.78 Å². The second kappa shape index (κ2) is 7.79. The molecule has 1 aromatic heterocycles. The highest BCUT2D eigenvalue weighted by molar-refractivity contribution is 6.34. The monoisotopic (exact) mass is 344 g/mol. The van der Waals surface area contributed by atoms with Crippen molar-refractivity contribution < 1.29 is 14.3 Å². The number of nitrogens with one attached hydrogen (secondary N) is 1. The zero-order chi connectivity index (χ0) is 16.1. The number of hydrogen-bond donors (Lipinski definition) is 1. The van der Waals surface area contributed by atoms with Crippen molar-refractivity contribution in [1.82, 2.24) is 10.3 Å². The van der Waals surface area contributed by atoms with E-state index < -0.39 is 5.97 Å². The normalized spacial score (nSPS) is 21.2. The van der Waals surface area contributed by atoms with Crippen LogP contribution in [-0.2, 0) is 9.53 Å². The number of amides is 1. The number of nitrogens with zero attached hydrogens (tertiary/aromatic N) is 1. The van der Waals surface area contributed by atoms with Gasteiger partial charge in [-0.3, -0.25) is 4.79 Å². The van der Waals surface area contributed by atoms with Gasteiger partial charge >= 0.3 is 5.97 Å². The summed E-state index contributed by atoms with van der Waals surface area (Å²) in [6, 6.07) is 3.07. The first-order chi connectivity index (χ1) is 10.5. The fourth-order valence-electron chi connectivity index (χ4n) is 2.54. The van der Waals surface area contributed by atoms with Crippen LogP contribution in [0.2, 0.25) is 10.2 Å². The number of rotatable bonds is 4. The summed E-state index contributed by atoms with van der Waals surface area (Å²) in [4.78, 5) is 27.6. The molecule has 2 atom stereocenters. The van der Waals surface area contributed by atoms with Crippen LogP contribution >= 0.6 is 23.2 Å². The van der Waals surface area contributed by atoms with E-state index in [0.717, 1.165) is 19.3 Å². The van der Waals surface area contributed by atoms with Crippen LogP contribution in [0, 0.1) is 5.92 Å². The summed E-state index contributed by atoms with van der Waals surface area (Å²) in [5, 5.41) is 3.18. The van der Waals surface area contributed by atoms with Crippen LogP contribution in [0.15, 0.2) is 12.1 Å². The molecule has 0 bridgehead atoms. The molecule has 0 unspecified atom stereocenters. The van der Waals surface area contributed by atoms with Gasteiger partial charge in [0, 0.05) is 6.04 Å². The van der Waals surface area contributed by atoms with Gasteiger partial charge in [-0.1, -0.05) is 43.0 Å². The van der Waals surface area contributed by atoms with Crippen LogP contribution in [-0.4, -0.2) is 29.5 Å². The largest absolute Gasteiger partial charge is 0.451 e. The van der Waals surface area contributed by atoms with E-state index in [1.165, 1.54) is 18.6 Å². The lowest BCUT2D eigenvalue weighted by atomic mass is 9.86. The predicted molar refractivity (Wildman–Crippen MR) is 84.1 cm³/mol. The van der Waals surface area contributed by atoms with Crippen LogP contribution in [0.5, 0.6) is 0 Å². The lowest BCUT2D eigenvalue weighted by molar-refractivity contribution is -0.125. The third-order valence-corrected chi connectivity index (χ3v) is 4.31. The van der Waals surface area contributed by atoms with Gasteiger partial charge < -0.3 is 10.1 Å². The summed E-state index contributed by atoms with van der Waals surface area (Å²) >= 11 is 11.6. The zero-order valence-electron chi connectivity index (χ0n) is 12.3. The van der Waals surface area contributed by atoms with Crippen LogP contribution in [0.25, 0.3) is 0 Å². The maximum Gasteiger partial charge on any atom is 0.359 e. The molecular formula is C15H18Cl2N2O3. The molecule has 5 nitrogen and oxygen atoms in total. The van der Waals surface area contributed by atoms with Gasteiger partial charge in [0.15, 0.2) is 12.3 Å². The van der Waals surface area contributed by atoms with E-state index in [0.29, 0.717) is 5.92 Å². The molecule has 2 rings (SSSR count). The van der Waals surface area contributed by atoms with Crippen molar-refractivity contribution in [1.29, 1.82) is 0 Å². The Morgan fingerprint density at radius 3 is 2.77 bits per heavy atom. The summed E-state index contributed by atoms with van der Waals surface area (Å²) in [7, 11) is 0. The summed E-state index contributed by atoms with van der Waals surface area (Å²) in [6.07, 6.45) is 4.37. The van der Waals surface area contributed by atoms with E-state index in [2.05, 4.69) is 17.2 Å². The molecular weight excluding hydrogens is 327 g/mol. The van der Waals surface area contributed by atoms with Gasteiger partial charge in [-0.2, -0.15) is 0 Å². The molecule has 1 aliphatic carbocycles. The Bertz CT molecular complexity index is 566. The molecule has 1 N–H and O–H groups in total. The van der Waals surface area contributed by atoms with Crippen molar-refractivity contribution in [2.24, 2.45) is 5.92 Å². The second-order valence-electron chi connectivity index (χ2n) is 5.48. The molecule has 0 spiro atoms. The highest BCUT2D eigenvalue weighted by Gasteiger charge is 2.23. The van der Waals surface area contributed by atoms with E-state index in [1.807, 2.05) is 0 Å². The Hall–Kier alpha value is -1.33. The molecule has 120 valence electrons. The molecule has 0 radical (unpaired) electrons. The molecule has 1 aliphatic rings. The second-order valence-corrected chi connectivity index (χ2v) is 6.27. The number of aromatic nitrogens is 1. The maximum atomic E-state index is 11.9. The van der Waals surface area contributed by atoms with Crippen LogP contribution in [0.4, 0.5) is 0 Å². The fourth-order valence-corrected chi connectivity index (χ4v) is 2.87. The third-order valence-electron chi connectivity index (χ3n) is 3.80. The number of halogens is 2. The molecule has 1 heterocycles. The Kier molecular flexibility index (Phi) is 6.03. The van der Waals surface area contributed by atoms with Gasteiger partial charge in [0.05, 0.1) is 5.02 Å². The van der Waals surface area contributed by atoms with Crippen molar-refractivity contribution >= 4 is 35.1 Å². The minimum atomic E-state index is -0.764. The summed E-state index contributed by atoms with van der Waals surface area (Å²) in [5.41, 5.74) is -0.0898. The van der Waals surface area contributed by atoms with Crippen molar-refractivity contribution in [3.8, 4) is 0 Å². The van der Waals surface area contributed by atoms with E-state index >= 15 is 0 Å². The summed E-state index contributed by atoms with van der Waals surface area (Å²) in [5.74, 6) is -0.637. The van der Waals surface area contributed by atoms with E-state index in [-0.39, 0.29) is 34.4 Å². The van der Waals surface area contributed by atoms with Crippen molar-refractivity contribution in [2.45, 2.75) is 38.6 Å². The fraction of sp³-hybridized carbons (Fsp3) is 0.533. The first kappa shape index (κ1) is 17.0. The van der Waals surface area contributed by atoms with Crippen LogP contribution in [0.1, 0.15) is 43.1 Å². The van der Waals surface area contributed by atoms with Gasteiger partial charge in [0.1, 0.15) is 5.15 Å². The lowest BCUT2D eigenvalue weighted by Gasteiger charge is -2.29. The first-order valence-electron chi connectivity index (χ1n) is 7.26. The molecule has 0 saturated heterocycles. The smallest absolute Gasteiger partial charge is 0.359 e. The van der Waals surface area contributed by atoms with Crippen molar-refractivity contribution in [2.75, 3.05) is 6.61 Å². The highest BCUT2D eigenvalue weighted by Crippen LogP contribution is 2.23. The third kappa shape index (κ3) is 4.58. The number of carbonyl (C=O) groups excluding carboxylic acids is 2. The van der Waals surface area contributed by atoms with E-state index in [9.17, 15) is 9.59 Å². The molecule has 22 heavy (non-hydrogen) atoms.